The van der Waals surface area contributed by atoms with E-state index in [0.29, 0.717) is 11.2 Å². The van der Waals surface area contributed by atoms with Crippen molar-refractivity contribution in [1.82, 2.24) is 10.7 Å². The van der Waals surface area contributed by atoms with E-state index in [9.17, 15) is 8.78 Å². The number of hydrogen-bond donors (Lipinski definition) is 2. The predicted octanol–water partition coefficient (Wildman–Crippen LogP) is 3.10. The van der Waals surface area contributed by atoms with E-state index < -0.39 is 11.6 Å². The molecule has 0 saturated heterocycles. The highest BCUT2D eigenvalue weighted by molar-refractivity contribution is 7.80. The van der Waals surface area contributed by atoms with Gasteiger partial charge in [0.2, 0.25) is 0 Å². The molecular formula is C14H17F2N3S. The van der Waals surface area contributed by atoms with Crippen LogP contribution < -0.4 is 10.7 Å². The third-order valence-electron chi connectivity index (χ3n) is 3.30. The minimum Gasteiger partial charge on any atom is -0.359 e. The Morgan fingerprint density at radius 2 is 1.85 bits per heavy atom. The van der Waals surface area contributed by atoms with Crippen molar-refractivity contribution in [2.75, 3.05) is 0 Å². The number of rotatable bonds is 3. The smallest absolute Gasteiger partial charge is 0.187 e. The molecule has 2 rings (SSSR count). The summed E-state index contributed by atoms with van der Waals surface area (Å²) in [5.74, 6) is -1.30. The third-order valence-corrected chi connectivity index (χ3v) is 3.51. The molecule has 1 aromatic carbocycles. The first-order valence-electron chi connectivity index (χ1n) is 6.70. The average Bonchev–Trinajstić information content (AvgIpc) is 2.43. The Kier molecular flexibility index (Phi) is 5.40. The van der Waals surface area contributed by atoms with Gasteiger partial charge in [0.1, 0.15) is 11.6 Å². The van der Waals surface area contributed by atoms with Crippen LogP contribution in [0.5, 0.6) is 0 Å². The maximum atomic E-state index is 13.3. The molecule has 2 N–H and O–H groups in total. The molecule has 0 radical (unpaired) electrons. The summed E-state index contributed by atoms with van der Waals surface area (Å²) >= 11 is 5.09. The van der Waals surface area contributed by atoms with Gasteiger partial charge in [-0.3, -0.25) is 5.43 Å². The lowest BCUT2D eigenvalue weighted by molar-refractivity contribution is 0.412. The molecule has 0 atom stereocenters. The molecule has 0 aliphatic heterocycles. The number of thiocarbonyl (C=S) groups is 1. The van der Waals surface area contributed by atoms with Crippen LogP contribution in [0.2, 0.25) is 0 Å². The van der Waals surface area contributed by atoms with Crippen molar-refractivity contribution in [2.24, 2.45) is 5.10 Å². The van der Waals surface area contributed by atoms with Crippen molar-refractivity contribution in [3.05, 3.63) is 35.4 Å². The minimum atomic E-state index is -0.651. The molecule has 0 heterocycles. The Morgan fingerprint density at radius 1 is 1.20 bits per heavy atom. The first kappa shape index (κ1) is 14.8. The second-order valence-corrected chi connectivity index (χ2v) is 5.22. The molecule has 20 heavy (non-hydrogen) atoms. The molecule has 0 aromatic heterocycles. The molecule has 1 aliphatic rings. The summed E-state index contributed by atoms with van der Waals surface area (Å²) < 4.78 is 26.7. The summed E-state index contributed by atoms with van der Waals surface area (Å²) in [6, 6.07) is 4.04. The van der Waals surface area contributed by atoms with Crippen molar-refractivity contribution in [3.63, 3.8) is 0 Å². The van der Waals surface area contributed by atoms with Gasteiger partial charge in [-0.1, -0.05) is 25.3 Å². The largest absolute Gasteiger partial charge is 0.359 e. The van der Waals surface area contributed by atoms with Gasteiger partial charge < -0.3 is 5.32 Å². The Hall–Kier alpha value is -1.56. The van der Waals surface area contributed by atoms with Crippen molar-refractivity contribution in [1.29, 1.82) is 0 Å². The zero-order valence-electron chi connectivity index (χ0n) is 11.0. The van der Waals surface area contributed by atoms with E-state index in [0.717, 1.165) is 19.1 Å². The maximum Gasteiger partial charge on any atom is 0.187 e. The number of hydrazone groups is 1. The van der Waals surface area contributed by atoms with E-state index >= 15 is 0 Å². The van der Waals surface area contributed by atoms with Crippen LogP contribution in [-0.2, 0) is 0 Å². The standard InChI is InChI=1S/C14H17F2N3S/c15-12-7-4-8-13(16)11(12)9-17-19-14(20)18-10-5-2-1-3-6-10/h4,7-10H,1-3,5-6H2,(H2,18,19,20)/b17-9+. The fourth-order valence-electron chi connectivity index (χ4n) is 2.25. The summed E-state index contributed by atoms with van der Waals surface area (Å²) in [6.07, 6.45) is 6.94. The molecule has 0 bridgehead atoms. The summed E-state index contributed by atoms with van der Waals surface area (Å²) in [5, 5.41) is 7.30. The van der Waals surface area contributed by atoms with Gasteiger partial charge >= 0.3 is 0 Å². The molecule has 1 fully saturated rings. The Balaban J connectivity index is 1.84. The van der Waals surface area contributed by atoms with E-state index in [1.54, 1.807) is 0 Å². The van der Waals surface area contributed by atoms with Gasteiger partial charge in [-0.15, -0.1) is 0 Å². The van der Waals surface area contributed by atoms with Gasteiger partial charge in [0.25, 0.3) is 0 Å². The summed E-state index contributed by atoms with van der Waals surface area (Å²) in [4.78, 5) is 0. The van der Waals surface area contributed by atoms with E-state index in [2.05, 4.69) is 15.8 Å². The summed E-state index contributed by atoms with van der Waals surface area (Å²) in [6.45, 7) is 0. The number of benzene rings is 1. The number of halogens is 2. The topological polar surface area (TPSA) is 36.4 Å². The van der Waals surface area contributed by atoms with E-state index in [1.165, 1.54) is 37.5 Å². The lowest BCUT2D eigenvalue weighted by Gasteiger charge is -2.23. The molecule has 6 heteroatoms. The van der Waals surface area contributed by atoms with E-state index in [-0.39, 0.29) is 5.56 Å². The molecule has 0 spiro atoms. The van der Waals surface area contributed by atoms with Crippen molar-refractivity contribution < 1.29 is 8.78 Å². The van der Waals surface area contributed by atoms with Crippen LogP contribution in [-0.4, -0.2) is 17.4 Å². The fraction of sp³-hybridized carbons (Fsp3) is 0.429. The Bertz CT molecular complexity index is 479. The molecule has 0 amide bonds. The lowest BCUT2D eigenvalue weighted by Crippen LogP contribution is -2.40. The highest BCUT2D eigenvalue weighted by atomic mass is 32.1. The van der Waals surface area contributed by atoms with Crippen LogP contribution in [0.4, 0.5) is 8.78 Å². The zero-order valence-corrected chi connectivity index (χ0v) is 11.9. The van der Waals surface area contributed by atoms with Crippen LogP contribution in [0.25, 0.3) is 0 Å². The third kappa shape index (κ3) is 4.23. The van der Waals surface area contributed by atoms with Crippen LogP contribution in [0.15, 0.2) is 23.3 Å². The second-order valence-electron chi connectivity index (χ2n) is 4.81. The first-order valence-corrected chi connectivity index (χ1v) is 7.11. The van der Waals surface area contributed by atoms with Crippen molar-refractivity contribution >= 4 is 23.5 Å². The molecule has 1 saturated carbocycles. The number of hydrogen-bond acceptors (Lipinski definition) is 2. The van der Waals surface area contributed by atoms with Gasteiger partial charge in [-0.25, -0.2) is 8.78 Å². The van der Waals surface area contributed by atoms with Gasteiger partial charge in [0, 0.05) is 6.04 Å². The predicted molar refractivity (Wildman–Crippen MR) is 79.7 cm³/mol. The highest BCUT2D eigenvalue weighted by Crippen LogP contribution is 2.17. The van der Waals surface area contributed by atoms with Gasteiger partial charge in [-0.2, -0.15) is 5.10 Å². The van der Waals surface area contributed by atoms with Crippen molar-refractivity contribution in [2.45, 2.75) is 38.1 Å². The highest BCUT2D eigenvalue weighted by Gasteiger charge is 2.13. The normalized spacial score (nSPS) is 16.3. The van der Waals surface area contributed by atoms with Crippen LogP contribution in [0.3, 0.4) is 0 Å². The Labute approximate surface area is 122 Å². The number of nitrogens with zero attached hydrogens (tertiary/aromatic N) is 1. The average molecular weight is 297 g/mol. The number of nitrogens with one attached hydrogen (secondary N) is 2. The van der Waals surface area contributed by atoms with Crippen LogP contribution in [0.1, 0.15) is 37.7 Å². The fourth-order valence-corrected chi connectivity index (χ4v) is 2.47. The molecule has 108 valence electrons. The van der Waals surface area contributed by atoms with E-state index in [4.69, 9.17) is 12.2 Å². The van der Waals surface area contributed by atoms with Gasteiger partial charge in [0.05, 0.1) is 11.8 Å². The first-order chi connectivity index (χ1) is 9.66. The SMILES string of the molecule is Fc1cccc(F)c1/C=N/NC(=S)NC1CCCCC1. The second kappa shape index (κ2) is 7.28. The molecule has 0 unspecified atom stereocenters. The monoisotopic (exact) mass is 297 g/mol. The van der Waals surface area contributed by atoms with Crippen LogP contribution in [0, 0.1) is 11.6 Å². The van der Waals surface area contributed by atoms with Crippen LogP contribution >= 0.6 is 12.2 Å². The lowest BCUT2D eigenvalue weighted by atomic mass is 9.96. The summed E-state index contributed by atoms with van der Waals surface area (Å²) in [5.41, 5.74) is 2.41. The Morgan fingerprint density at radius 3 is 2.50 bits per heavy atom. The molecule has 1 aliphatic carbocycles. The van der Waals surface area contributed by atoms with E-state index in [1.807, 2.05) is 0 Å². The quantitative estimate of drug-likeness (QED) is 0.511. The zero-order chi connectivity index (χ0) is 14.4. The summed E-state index contributed by atoms with van der Waals surface area (Å²) in [7, 11) is 0. The van der Waals surface area contributed by atoms with Gasteiger partial charge in [0.15, 0.2) is 5.11 Å². The molecular weight excluding hydrogens is 280 g/mol. The van der Waals surface area contributed by atoms with Crippen molar-refractivity contribution in [3.8, 4) is 0 Å². The maximum absolute atomic E-state index is 13.3. The molecule has 1 aromatic rings. The van der Waals surface area contributed by atoms with Gasteiger partial charge in [-0.05, 0) is 37.2 Å². The minimum absolute atomic E-state index is 0.180. The molecule has 3 nitrogen and oxygen atoms in total.